The number of benzene rings is 2. The summed E-state index contributed by atoms with van der Waals surface area (Å²) in [7, 11) is -3.84. The van der Waals surface area contributed by atoms with E-state index in [4.69, 9.17) is 11.6 Å². The van der Waals surface area contributed by atoms with Gasteiger partial charge in [-0.25, -0.2) is 17.5 Å². The van der Waals surface area contributed by atoms with Gasteiger partial charge in [-0.2, -0.15) is 4.31 Å². The van der Waals surface area contributed by atoms with Crippen LogP contribution < -0.4 is 0 Å². The Morgan fingerprint density at radius 2 is 1.69 bits per heavy atom. The van der Waals surface area contributed by atoms with Crippen LogP contribution in [-0.4, -0.2) is 58.8 Å². The summed E-state index contributed by atoms with van der Waals surface area (Å²) in [5.74, 6) is -0.728. The van der Waals surface area contributed by atoms with E-state index in [2.05, 4.69) is 15.2 Å². The SMILES string of the molecule is O=S(=O)(c1ccccc1F)N1CCN(Cc2cn(-c3ccc(Cl)cc3)nn2)CC1. The molecule has 0 radical (unpaired) electrons. The van der Waals surface area contributed by atoms with Gasteiger partial charge in [-0.3, -0.25) is 4.90 Å². The molecule has 0 saturated carbocycles. The molecule has 0 amide bonds. The fraction of sp³-hybridized carbons (Fsp3) is 0.263. The molecule has 7 nitrogen and oxygen atoms in total. The maximum Gasteiger partial charge on any atom is 0.246 e. The van der Waals surface area contributed by atoms with Crippen molar-refractivity contribution >= 4 is 21.6 Å². The highest BCUT2D eigenvalue weighted by atomic mass is 35.5. The third-order valence-electron chi connectivity index (χ3n) is 4.80. The molecule has 0 unspecified atom stereocenters. The minimum absolute atomic E-state index is 0.278. The Morgan fingerprint density at radius 3 is 2.38 bits per heavy atom. The Kier molecular flexibility index (Phi) is 5.64. The van der Waals surface area contributed by atoms with Crippen molar-refractivity contribution in [1.29, 1.82) is 0 Å². The highest BCUT2D eigenvalue weighted by Crippen LogP contribution is 2.21. The first-order chi connectivity index (χ1) is 13.9. The standard InChI is InChI=1S/C19H19ClFN5O2S/c20-15-5-7-17(8-6-15)26-14-16(22-23-26)13-24-9-11-25(12-10-24)29(27,28)19-4-2-1-3-18(19)21/h1-8,14H,9-13H2. The molecule has 4 rings (SSSR count). The number of hydrogen-bond acceptors (Lipinski definition) is 5. The van der Waals surface area contributed by atoms with E-state index in [9.17, 15) is 12.8 Å². The second-order valence-electron chi connectivity index (χ2n) is 6.74. The first-order valence-corrected chi connectivity index (χ1v) is 10.9. The molecule has 1 aliphatic rings. The average Bonchev–Trinajstić information content (AvgIpc) is 3.17. The van der Waals surface area contributed by atoms with E-state index in [0.717, 1.165) is 17.4 Å². The van der Waals surface area contributed by atoms with Crippen LogP contribution in [-0.2, 0) is 16.6 Å². The lowest BCUT2D eigenvalue weighted by Gasteiger charge is -2.33. The largest absolute Gasteiger partial charge is 0.295 e. The lowest BCUT2D eigenvalue weighted by molar-refractivity contribution is 0.179. The van der Waals surface area contributed by atoms with E-state index in [0.29, 0.717) is 37.7 Å². The maximum atomic E-state index is 13.9. The minimum atomic E-state index is -3.84. The van der Waals surface area contributed by atoms with Gasteiger partial charge in [0.25, 0.3) is 0 Å². The molecule has 2 aromatic carbocycles. The number of nitrogens with zero attached hydrogens (tertiary/aromatic N) is 5. The molecule has 0 bridgehead atoms. The molecule has 1 fully saturated rings. The number of sulfonamides is 1. The first-order valence-electron chi connectivity index (χ1n) is 9.08. The van der Waals surface area contributed by atoms with E-state index >= 15 is 0 Å². The van der Waals surface area contributed by atoms with Crippen LogP contribution in [0.15, 0.2) is 59.6 Å². The normalized spacial score (nSPS) is 16.2. The molecule has 10 heteroatoms. The molecule has 29 heavy (non-hydrogen) atoms. The van der Waals surface area contributed by atoms with Crippen LogP contribution in [0.4, 0.5) is 4.39 Å². The lowest BCUT2D eigenvalue weighted by atomic mass is 10.3. The van der Waals surface area contributed by atoms with Crippen molar-refractivity contribution in [3.05, 3.63) is 71.3 Å². The molecular weight excluding hydrogens is 417 g/mol. The third-order valence-corrected chi connectivity index (χ3v) is 6.99. The van der Waals surface area contributed by atoms with Crippen molar-refractivity contribution < 1.29 is 12.8 Å². The van der Waals surface area contributed by atoms with Crippen molar-refractivity contribution in [3.63, 3.8) is 0 Å². The van der Waals surface area contributed by atoms with Gasteiger partial charge in [0.05, 0.1) is 17.6 Å². The van der Waals surface area contributed by atoms with Crippen LogP contribution in [0.3, 0.4) is 0 Å². The third kappa shape index (κ3) is 4.32. The number of hydrogen-bond donors (Lipinski definition) is 0. The van der Waals surface area contributed by atoms with Crippen LogP contribution in [0, 0.1) is 5.82 Å². The molecular formula is C19H19ClFN5O2S. The Balaban J connectivity index is 1.38. The number of halogens is 2. The zero-order valence-corrected chi connectivity index (χ0v) is 17.0. The van der Waals surface area contributed by atoms with Crippen molar-refractivity contribution in [2.45, 2.75) is 11.4 Å². The van der Waals surface area contributed by atoms with E-state index in [1.54, 1.807) is 16.8 Å². The summed E-state index contributed by atoms with van der Waals surface area (Å²) in [6, 6.07) is 12.7. The zero-order valence-electron chi connectivity index (χ0n) is 15.4. The topological polar surface area (TPSA) is 71.3 Å². The molecule has 1 aromatic heterocycles. The zero-order chi connectivity index (χ0) is 20.4. The first kappa shape index (κ1) is 20.0. The summed E-state index contributed by atoms with van der Waals surface area (Å²) in [5.41, 5.74) is 1.64. The molecule has 1 saturated heterocycles. The molecule has 0 spiro atoms. The molecule has 152 valence electrons. The molecule has 0 aliphatic carbocycles. The summed E-state index contributed by atoms with van der Waals surface area (Å²) in [5, 5.41) is 8.98. The fourth-order valence-corrected chi connectivity index (χ4v) is 4.85. The highest BCUT2D eigenvalue weighted by Gasteiger charge is 2.30. The Hall–Kier alpha value is -2.33. The summed E-state index contributed by atoms with van der Waals surface area (Å²) >= 11 is 5.91. The van der Waals surface area contributed by atoms with E-state index < -0.39 is 15.8 Å². The Bertz CT molecular complexity index is 1100. The van der Waals surface area contributed by atoms with Gasteiger partial charge in [-0.05, 0) is 36.4 Å². The van der Waals surface area contributed by atoms with Crippen molar-refractivity contribution in [2.75, 3.05) is 26.2 Å². The molecule has 3 aromatic rings. The Labute approximate surface area is 173 Å². The number of aromatic nitrogens is 3. The van der Waals surface area contributed by atoms with Gasteiger partial charge in [0.15, 0.2) is 0 Å². The van der Waals surface area contributed by atoms with Crippen LogP contribution in [0.1, 0.15) is 5.69 Å². The molecule has 1 aliphatic heterocycles. The predicted octanol–water partition coefficient (Wildman–Crippen LogP) is 2.57. The van der Waals surface area contributed by atoms with Gasteiger partial charge in [0.2, 0.25) is 10.0 Å². The van der Waals surface area contributed by atoms with Gasteiger partial charge >= 0.3 is 0 Å². The van der Waals surface area contributed by atoms with Crippen LogP contribution in [0.25, 0.3) is 5.69 Å². The fourth-order valence-electron chi connectivity index (χ4n) is 3.24. The van der Waals surface area contributed by atoms with Crippen molar-refractivity contribution in [3.8, 4) is 5.69 Å². The Morgan fingerprint density at radius 1 is 1.00 bits per heavy atom. The highest BCUT2D eigenvalue weighted by molar-refractivity contribution is 7.89. The van der Waals surface area contributed by atoms with Crippen LogP contribution in [0.5, 0.6) is 0 Å². The van der Waals surface area contributed by atoms with Gasteiger partial charge in [0.1, 0.15) is 10.7 Å². The van der Waals surface area contributed by atoms with E-state index in [1.165, 1.54) is 22.5 Å². The monoisotopic (exact) mass is 435 g/mol. The average molecular weight is 436 g/mol. The van der Waals surface area contributed by atoms with Crippen LogP contribution >= 0.6 is 11.6 Å². The number of rotatable bonds is 5. The van der Waals surface area contributed by atoms with Gasteiger partial charge in [-0.1, -0.05) is 28.9 Å². The molecule has 0 N–H and O–H groups in total. The van der Waals surface area contributed by atoms with Crippen molar-refractivity contribution in [2.24, 2.45) is 0 Å². The van der Waals surface area contributed by atoms with Crippen molar-refractivity contribution in [1.82, 2.24) is 24.2 Å². The molecule has 2 heterocycles. The summed E-state index contributed by atoms with van der Waals surface area (Å²) in [6.45, 7) is 2.20. The second-order valence-corrected chi connectivity index (χ2v) is 9.08. The summed E-state index contributed by atoms with van der Waals surface area (Å²) in [6.07, 6.45) is 1.84. The van der Waals surface area contributed by atoms with Crippen LogP contribution in [0.2, 0.25) is 5.02 Å². The second kappa shape index (κ2) is 8.19. The van der Waals surface area contributed by atoms with Gasteiger partial charge < -0.3 is 0 Å². The summed E-state index contributed by atoms with van der Waals surface area (Å²) < 4.78 is 42.3. The maximum absolute atomic E-state index is 13.9. The molecule has 0 atom stereocenters. The van der Waals surface area contributed by atoms with E-state index in [-0.39, 0.29) is 4.90 Å². The minimum Gasteiger partial charge on any atom is -0.295 e. The quantitative estimate of drug-likeness (QED) is 0.616. The predicted molar refractivity (Wildman–Crippen MR) is 107 cm³/mol. The lowest BCUT2D eigenvalue weighted by Crippen LogP contribution is -2.48. The smallest absolute Gasteiger partial charge is 0.246 e. The van der Waals surface area contributed by atoms with Gasteiger partial charge in [-0.15, -0.1) is 5.10 Å². The summed E-state index contributed by atoms with van der Waals surface area (Å²) in [4.78, 5) is 1.82. The van der Waals surface area contributed by atoms with E-state index in [1.807, 2.05) is 18.3 Å². The number of piperazine rings is 1. The van der Waals surface area contributed by atoms with Gasteiger partial charge in [0, 0.05) is 37.7 Å².